The van der Waals surface area contributed by atoms with E-state index in [1.165, 1.54) is 35.7 Å². The van der Waals surface area contributed by atoms with Crippen molar-refractivity contribution in [3.63, 3.8) is 0 Å². The van der Waals surface area contributed by atoms with E-state index in [0.717, 1.165) is 0 Å². The van der Waals surface area contributed by atoms with Crippen LogP contribution in [0.2, 0.25) is 0 Å². The molecule has 0 aliphatic rings. The van der Waals surface area contributed by atoms with Gasteiger partial charge in [0.1, 0.15) is 11.6 Å². The monoisotopic (exact) mass is 204 g/mol. The Bertz CT molecular complexity index is 263. The van der Waals surface area contributed by atoms with E-state index in [1.54, 1.807) is 12.5 Å². The predicted octanol–water partition coefficient (Wildman–Crippen LogP) is 2.98. The summed E-state index contributed by atoms with van der Waals surface area (Å²) < 4.78 is 12.8. The highest BCUT2D eigenvalue weighted by molar-refractivity contribution is 7.99. The minimum absolute atomic E-state index is 0.177. The second kappa shape index (κ2) is 4.05. The maximum atomic E-state index is 12.8. The molecule has 1 nitrogen and oxygen atoms in total. The number of rotatable bonds is 2. The molecule has 12 heavy (non-hydrogen) atoms. The molecule has 66 valence electrons. The number of phenols is 1. The molecule has 1 N–H and O–H groups in total. The molecule has 0 atom stereocenters. The fourth-order valence-corrected chi connectivity index (χ4v) is 1.99. The number of phenolic OH excluding ortho intramolecular Hbond substituents is 1. The van der Waals surface area contributed by atoms with Crippen molar-refractivity contribution >= 4 is 23.5 Å². The fraction of sp³-hybridized carbons (Fsp3) is 0.250. The van der Waals surface area contributed by atoms with Gasteiger partial charge in [0.25, 0.3) is 0 Å². The number of benzene rings is 1. The smallest absolute Gasteiger partial charge is 0.142 e. The first-order valence-corrected chi connectivity index (χ1v) is 5.74. The third kappa shape index (κ3) is 1.87. The largest absolute Gasteiger partial charge is 0.506 e. The molecule has 0 aliphatic carbocycles. The second-order valence-electron chi connectivity index (χ2n) is 2.16. The van der Waals surface area contributed by atoms with Gasteiger partial charge in [-0.05, 0) is 24.6 Å². The summed E-state index contributed by atoms with van der Waals surface area (Å²) >= 11 is 2.67. The lowest BCUT2D eigenvalue weighted by Crippen LogP contribution is -1.81. The maximum absolute atomic E-state index is 12.8. The van der Waals surface area contributed by atoms with Crippen LogP contribution in [-0.2, 0) is 0 Å². The van der Waals surface area contributed by atoms with Crippen molar-refractivity contribution in [2.45, 2.75) is 9.79 Å². The molecule has 0 saturated carbocycles. The highest BCUT2D eigenvalue weighted by Gasteiger charge is 2.07. The van der Waals surface area contributed by atoms with Crippen molar-refractivity contribution in [2.24, 2.45) is 0 Å². The van der Waals surface area contributed by atoms with E-state index in [-0.39, 0.29) is 11.6 Å². The van der Waals surface area contributed by atoms with Crippen LogP contribution in [0.4, 0.5) is 4.39 Å². The standard InChI is InChI=1S/C8H9FOS2/c1-11-6-3-5(9)4-7(12-2)8(6)10/h3-4,10H,1-2H3. The molecule has 0 bridgehead atoms. The molecule has 0 heterocycles. The van der Waals surface area contributed by atoms with E-state index < -0.39 is 0 Å². The van der Waals surface area contributed by atoms with Gasteiger partial charge in [-0.15, -0.1) is 23.5 Å². The van der Waals surface area contributed by atoms with Crippen LogP contribution in [-0.4, -0.2) is 17.6 Å². The third-order valence-electron chi connectivity index (χ3n) is 1.44. The lowest BCUT2D eigenvalue weighted by Gasteiger charge is -2.05. The van der Waals surface area contributed by atoms with Gasteiger partial charge in [0.05, 0.1) is 9.79 Å². The SMILES string of the molecule is CSc1cc(F)cc(SC)c1O. The molecule has 0 aliphatic heterocycles. The zero-order valence-corrected chi connectivity index (χ0v) is 8.43. The maximum Gasteiger partial charge on any atom is 0.142 e. The van der Waals surface area contributed by atoms with Crippen LogP contribution < -0.4 is 0 Å². The third-order valence-corrected chi connectivity index (χ3v) is 2.95. The lowest BCUT2D eigenvalue weighted by atomic mass is 10.3. The highest BCUT2D eigenvalue weighted by Crippen LogP contribution is 2.35. The van der Waals surface area contributed by atoms with Crippen molar-refractivity contribution in [1.29, 1.82) is 0 Å². The lowest BCUT2D eigenvalue weighted by molar-refractivity contribution is 0.445. The summed E-state index contributed by atoms with van der Waals surface area (Å²) in [6.45, 7) is 0. The zero-order valence-electron chi connectivity index (χ0n) is 6.80. The van der Waals surface area contributed by atoms with Crippen LogP contribution in [0.25, 0.3) is 0 Å². The Labute approximate surface area is 79.4 Å². The molecule has 0 saturated heterocycles. The molecule has 0 amide bonds. The fourth-order valence-electron chi connectivity index (χ4n) is 0.861. The minimum atomic E-state index is -0.304. The number of aromatic hydroxyl groups is 1. The van der Waals surface area contributed by atoms with E-state index in [4.69, 9.17) is 0 Å². The van der Waals surface area contributed by atoms with Gasteiger partial charge >= 0.3 is 0 Å². The molecular formula is C8H9FOS2. The van der Waals surface area contributed by atoms with E-state index in [0.29, 0.717) is 9.79 Å². The minimum Gasteiger partial charge on any atom is -0.506 e. The highest BCUT2D eigenvalue weighted by atomic mass is 32.2. The summed E-state index contributed by atoms with van der Waals surface area (Å²) in [7, 11) is 0. The molecule has 1 rings (SSSR count). The van der Waals surface area contributed by atoms with E-state index in [9.17, 15) is 9.50 Å². The summed E-state index contributed by atoms with van der Waals surface area (Å²) in [5.41, 5.74) is 0. The van der Waals surface area contributed by atoms with Crippen LogP contribution in [0.1, 0.15) is 0 Å². The first-order valence-electron chi connectivity index (χ1n) is 3.29. The first-order chi connectivity index (χ1) is 5.69. The van der Waals surface area contributed by atoms with Gasteiger partial charge in [-0.1, -0.05) is 0 Å². The normalized spacial score (nSPS) is 10.2. The van der Waals surface area contributed by atoms with Crippen LogP contribution in [0.15, 0.2) is 21.9 Å². The Morgan fingerprint density at radius 1 is 1.17 bits per heavy atom. The summed E-state index contributed by atoms with van der Waals surface area (Å²) in [5, 5.41) is 9.50. The van der Waals surface area contributed by atoms with Crippen LogP contribution >= 0.6 is 23.5 Å². The van der Waals surface area contributed by atoms with Gasteiger partial charge in [0, 0.05) is 0 Å². The summed E-state index contributed by atoms with van der Waals surface area (Å²) in [6.07, 6.45) is 3.61. The van der Waals surface area contributed by atoms with Crippen molar-refractivity contribution in [1.82, 2.24) is 0 Å². The number of halogens is 1. The Morgan fingerprint density at radius 2 is 1.58 bits per heavy atom. The van der Waals surface area contributed by atoms with Crippen LogP contribution in [0, 0.1) is 5.82 Å². The van der Waals surface area contributed by atoms with E-state index in [2.05, 4.69) is 0 Å². The Kier molecular flexibility index (Phi) is 3.29. The topological polar surface area (TPSA) is 20.2 Å². The van der Waals surface area contributed by atoms with Gasteiger partial charge < -0.3 is 5.11 Å². The quantitative estimate of drug-likeness (QED) is 0.748. The molecule has 1 aromatic rings. The average Bonchev–Trinajstić information content (AvgIpc) is 2.08. The van der Waals surface area contributed by atoms with Crippen molar-refractivity contribution in [2.75, 3.05) is 12.5 Å². The van der Waals surface area contributed by atoms with E-state index in [1.807, 2.05) is 0 Å². The van der Waals surface area contributed by atoms with Gasteiger partial charge in [-0.2, -0.15) is 0 Å². The first kappa shape index (κ1) is 9.74. The van der Waals surface area contributed by atoms with Crippen LogP contribution in [0.3, 0.4) is 0 Å². The molecule has 0 spiro atoms. The van der Waals surface area contributed by atoms with Crippen molar-refractivity contribution in [3.8, 4) is 5.75 Å². The Balaban J connectivity index is 3.22. The van der Waals surface area contributed by atoms with Gasteiger partial charge in [0.2, 0.25) is 0 Å². The Hall–Kier alpha value is -0.350. The number of thioether (sulfide) groups is 2. The molecule has 0 fully saturated rings. The molecular weight excluding hydrogens is 195 g/mol. The molecule has 0 radical (unpaired) electrons. The van der Waals surface area contributed by atoms with Crippen molar-refractivity contribution in [3.05, 3.63) is 17.9 Å². The second-order valence-corrected chi connectivity index (χ2v) is 3.86. The summed E-state index contributed by atoms with van der Waals surface area (Å²) in [4.78, 5) is 1.17. The number of hydrogen-bond acceptors (Lipinski definition) is 3. The summed E-state index contributed by atoms with van der Waals surface area (Å²) in [5.74, 6) is -0.127. The summed E-state index contributed by atoms with van der Waals surface area (Å²) in [6, 6.07) is 2.67. The number of hydrogen-bond donors (Lipinski definition) is 1. The molecule has 0 aromatic heterocycles. The van der Waals surface area contributed by atoms with Gasteiger partial charge in [-0.3, -0.25) is 0 Å². The molecule has 0 unspecified atom stereocenters. The van der Waals surface area contributed by atoms with Crippen molar-refractivity contribution < 1.29 is 9.50 Å². The molecule has 1 aromatic carbocycles. The average molecular weight is 204 g/mol. The zero-order chi connectivity index (χ0) is 9.14. The van der Waals surface area contributed by atoms with Crippen LogP contribution in [0.5, 0.6) is 5.75 Å². The van der Waals surface area contributed by atoms with Gasteiger partial charge in [0.15, 0.2) is 0 Å². The molecule has 4 heteroatoms. The van der Waals surface area contributed by atoms with E-state index >= 15 is 0 Å². The van der Waals surface area contributed by atoms with Gasteiger partial charge in [-0.25, -0.2) is 4.39 Å². The Morgan fingerprint density at radius 3 is 1.92 bits per heavy atom. The predicted molar refractivity (Wildman–Crippen MR) is 51.6 cm³/mol.